The molecule has 4 heteroatoms. The van der Waals surface area contributed by atoms with Gasteiger partial charge in [-0.15, -0.1) is 0 Å². The van der Waals surface area contributed by atoms with Gasteiger partial charge < -0.3 is 5.73 Å². The van der Waals surface area contributed by atoms with Crippen molar-refractivity contribution in [2.75, 3.05) is 0 Å². The fourth-order valence-electron chi connectivity index (χ4n) is 1.60. The van der Waals surface area contributed by atoms with Gasteiger partial charge in [-0.25, -0.2) is 4.98 Å². The van der Waals surface area contributed by atoms with Crippen LogP contribution in [0.25, 0.3) is 0 Å². The van der Waals surface area contributed by atoms with Gasteiger partial charge in [0.1, 0.15) is 5.82 Å². The number of hydrogen-bond donors (Lipinski definition) is 1. The number of benzene rings is 1. The molecule has 1 heterocycles. The van der Waals surface area contributed by atoms with Crippen molar-refractivity contribution in [3.8, 4) is 0 Å². The highest BCUT2D eigenvalue weighted by molar-refractivity contribution is 5.17. The molecule has 0 aliphatic rings. The van der Waals surface area contributed by atoms with Gasteiger partial charge in [0.25, 0.3) is 0 Å². The van der Waals surface area contributed by atoms with E-state index in [9.17, 15) is 0 Å². The predicted octanol–water partition coefficient (Wildman–Crippen LogP) is 1.37. The van der Waals surface area contributed by atoms with Crippen LogP contribution in [0.15, 0.2) is 30.3 Å². The summed E-state index contributed by atoms with van der Waals surface area (Å²) in [7, 11) is 1.88. The minimum absolute atomic E-state index is 0.137. The average molecular weight is 216 g/mol. The Morgan fingerprint density at radius 2 is 2.00 bits per heavy atom. The fourth-order valence-corrected chi connectivity index (χ4v) is 1.60. The summed E-state index contributed by atoms with van der Waals surface area (Å²) in [5.41, 5.74) is 7.28. The topological polar surface area (TPSA) is 56.7 Å². The summed E-state index contributed by atoms with van der Waals surface area (Å²) >= 11 is 0. The van der Waals surface area contributed by atoms with Gasteiger partial charge in [0.05, 0.1) is 6.04 Å². The molecule has 1 unspecified atom stereocenters. The summed E-state index contributed by atoms with van der Waals surface area (Å²) in [5, 5.41) is 4.29. The second kappa shape index (κ2) is 4.45. The van der Waals surface area contributed by atoms with Crippen molar-refractivity contribution in [1.82, 2.24) is 14.8 Å². The Labute approximate surface area is 95.1 Å². The van der Waals surface area contributed by atoms with E-state index in [-0.39, 0.29) is 6.04 Å². The molecule has 4 nitrogen and oxygen atoms in total. The molecule has 1 aromatic heterocycles. The van der Waals surface area contributed by atoms with E-state index in [2.05, 4.69) is 22.2 Å². The Kier molecular flexibility index (Phi) is 3.01. The Hall–Kier alpha value is -1.68. The van der Waals surface area contributed by atoms with Crippen LogP contribution >= 0.6 is 0 Å². The number of aryl methyl sites for hydroxylation is 2. The molecule has 0 radical (unpaired) electrons. The lowest BCUT2D eigenvalue weighted by Crippen LogP contribution is -2.15. The van der Waals surface area contributed by atoms with Gasteiger partial charge in [-0.05, 0) is 18.9 Å². The summed E-state index contributed by atoms with van der Waals surface area (Å²) in [4.78, 5) is 4.33. The predicted molar refractivity (Wildman–Crippen MR) is 62.8 cm³/mol. The molecule has 0 fully saturated rings. The SMILES string of the molecule is Cc1nc(C(N)Cc2ccccc2)nn1C. The van der Waals surface area contributed by atoms with E-state index in [4.69, 9.17) is 5.73 Å². The molecule has 16 heavy (non-hydrogen) atoms. The van der Waals surface area contributed by atoms with E-state index >= 15 is 0 Å². The van der Waals surface area contributed by atoms with Gasteiger partial charge >= 0.3 is 0 Å². The Bertz CT molecular complexity index is 442. The lowest BCUT2D eigenvalue weighted by Gasteiger charge is -2.06. The van der Waals surface area contributed by atoms with Crippen LogP contribution in [0.1, 0.15) is 23.3 Å². The quantitative estimate of drug-likeness (QED) is 0.843. The summed E-state index contributed by atoms with van der Waals surface area (Å²) in [6.07, 6.45) is 0.768. The molecule has 0 amide bonds. The standard InChI is InChI=1S/C12H16N4/c1-9-14-12(15-16(9)2)11(13)8-10-6-4-3-5-7-10/h3-7,11H,8,13H2,1-2H3. The van der Waals surface area contributed by atoms with Crippen LogP contribution in [-0.2, 0) is 13.5 Å². The first-order valence-corrected chi connectivity index (χ1v) is 5.34. The molecule has 0 saturated heterocycles. The lowest BCUT2D eigenvalue weighted by atomic mass is 10.1. The minimum atomic E-state index is -0.137. The van der Waals surface area contributed by atoms with Gasteiger partial charge in [-0.1, -0.05) is 30.3 Å². The van der Waals surface area contributed by atoms with E-state index in [1.807, 2.05) is 32.2 Å². The summed E-state index contributed by atoms with van der Waals surface area (Å²) in [6, 6.07) is 10.0. The van der Waals surface area contributed by atoms with E-state index in [0.717, 1.165) is 12.2 Å². The van der Waals surface area contributed by atoms with Crippen molar-refractivity contribution < 1.29 is 0 Å². The van der Waals surface area contributed by atoms with Gasteiger partial charge in [0.2, 0.25) is 0 Å². The lowest BCUT2D eigenvalue weighted by molar-refractivity contribution is 0.645. The third-order valence-electron chi connectivity index (χ3n) is 2.63. The fraction of sp³-hybridized carbons (Fsp3) is 0.333. The highest BCUT2D eigenvalue weighted by Crippen LogP contribution is 2.12. The third kappa shape index (κ3) is 2.28. The van der Waals surface area contributed by atoms with E-state index in [0.29, 0.717) is 5.82 Å². The van der Waals surface area contributed by atoms with Crippen molar-refractivity contribution in [2.45, 2.75) is 19.4 Å². The van der Waals surface area contributed by atoms with Crippen LogP contribution < -0.4 is 5.73 Å². The second-order valence-electron chi connectivity index (χ2n) is 3.94. The molecule has 84 valence electrons. The molecule has 0 spiro atoms. The molecule has 2 N–H and O–H groups in total. The first-order chi connectivity index (χ1) is 7.66. The highest BCUT2D eigenvalue weighted by Gasteiger charge is 2.12. The zero-order valence-corrected chi connectivity index (χ0v) is 9.59. The molecule has 2 rings (SSSR count). The molecule has 2 aromatic rings. The van der Waals surface area contributed by atoms with Gasteiger partial charge in [-0.2, -0.15) is 5.10 Å². The smallest absolute Gasteiger partial charge is 0.167 e. The first-order valence-electron chi connectivity index (χ1n) is 5.34. The number of rotatable bonds is 3. The maximum absolute atomic E-state index is 6.07. The van der Waals surface area contributed by atoms with Crippen LogP contribution in [0.2, 0.25) is 0 Å². The van der Waals surface area contributed by atoms with Crippen LogP contribution in [-0.4, -0.2) is 14.8 Å². The molecule has 0 aliphatic carbocycles. The molecular weight excluding hydrogens is 200 g/mol. The average Bonchev–Trinajstić information content (AvgIpc) is 2.61. The third-order valence-corrected chi connectivity index (χ3v) is 2.63. The Morgan fingerprint density at radius 3 is 2.56 bits per heavy atom. The van der Waals surface area contributed by atoms with Gasteiger partial charge in [-0.3, -0.25) is 4.68 Å². The van der Waals surface area contributed by atoms with Crippen molar-refractivity contribution >= 4 is 0 Å². The molecule has 1 atom stereocenters. The normalized spacial score (nSPS) is 12.7. The van der Waals surface area contributed by atoms with E-state index in [1.54, 1.807) is 4.68 Å². The van der Waals surface area contributed by atoms with E-state index < -0.39 is 0 Å². The first kappa shape index (κ1) is 10.8. The second-order valence-corrected chi connectivity index (χ2v) is 3.94. The van der Waals surface area contributed by atoms with Crippen LogP contribution in [0.5, 0.6) is 0 Å². The van der Waals surface area contributed by atoms with Gasteiger partial charge in [0, 0.05) is 7.05 Å². The molecular formula is C12H16N4. The molecule has 0 aliphatic heterocycles. The van der Waals surface area contributed by atoms with Crippen LogP contribution in [0.3, 0.4) is 0 Å². The number of nitrogens with zero attached hydrogens (tertiary/aromatic N) is 3. The molecule has 0 bridgehead atoms. The Balaban J connectivity index is 2.11. The van der Waals surface area contributed by atoms with E-state index in [1.165, 1.54) is 5.56 Å². The number of hydrogen-bond acceptors (Lipinski definition) is 3. The molecule has 0 saturated carbocycles. The van der Waals surface area contributed by atoms with Crippen molar-refractivity contribution in [2.24, 2.45) is 12.8 Å². The maximum Gasteiger partial charge on any atom is 0.167 e. The summed E-state index contributed by atoms with van der Waals surface area (Å²) < 4.78 is 1.75. The maximum atomic E-state index is 6.07. The monoisotopic (exact) mass is 216 g/mol. The van der Waals surface area contributed by atoms with Crippen molar-refractivity contribution in [3.63, 3.8) is 0 Å². The highest BCUT2D eigenvalue weighted by atomic mass is 15.3. The summed E-state index contributed by atoms with van der Waals surface area (Å²) in [6.45, 7) is 1.92. The number of nitrogens with two attached hydrogens (primary N) is 1. The van der Waals surface area contributed by atoms with Crippen LogP contribution in [0.4, 0.5) is 0 Å². The number of aromatic nitrogens is 3. The molecule has 1 aromatic carbocycles. The summed E-state index contributed by atoms with van der Waals surface area (Å²) in [5.74, 6) is 1.60. The van der Waals surface area contributed by atoms with Gasteiger partial charge in [0.15, 0.2) is 5.82 Å². The Morgan fingerprint density at radius 1 is 1.31 bits per heavy atom. The largest absolute Gasteiger partial charge is 0.321 e. The van der Waals surface area contributed by atoms with Crippen LogP contribution in [0, 0.1) is 6.92 Å². The zero-order valence-electron chi connectivity index (χ0n) is 9.59. The minimum Gasteiger partial charge on any atom is -0.321 e. The van der Waals surface area contributed by atoms with Crippen molar-refractivity contribution in [1.29, 1.82) is 0 Å². The van der Waals surface area contributed by atoms with Crippen molar-refractivity contribution in [3.05, 3.63) is 47.5 Å². The zero-order chi connectivity index (χ0) is 11.5.